The Morgan fingerprint density at radius 2 is 0.897 bits per heavy atom. The van der Waals surface area contributed by atoms with Gasteiger partial charge in [0.15, 0.2) is 17.5 Å². The summed E-state index contributed by atoms with van der Waals surface area (Å²) in [4.78, 5) is 15.7. The number of benzene rings is 9. The van der Waals surface area contributed by atoms with E-state index in [0.717, 1.165) is 104 Å². The minimum absolute atomic E-state index is 0.537. The molecule has 0 aliphatic carbocycles. The Morgan fingerprint density at radius 1 is 0.293 bits per heavy atom. The third-order valence-electron chi connectivity index (χ3n) is 11.3. The maximum absolute atomic E-state index is 6.89. The summed E-state index contributed by atoms with van der Waals surface area (Å²) in [6, 6.07) is 65.1. The monoisotopic (exact) mass is 741 g/mol. The molecule has 0 aliphatic rings. The fourth-order valence-electron chi connectivity index (χ4n) is 8.52. The van der Waals surface area contributed by atoms with E-state index in [4.69, 9.17) is 23.8 Å². The number of furan rings is 2. The molecule has 0 amide bonds. The summed E-state index contributed by atoms with van der Waals surface area (Å²) in [6.45, 7) is 0. The molecule has 0 atom stereocenters. The molecule has 0 saturated carbocycles. The Hall–Kier alpha value is -7.89. The average Bonchev–Trinajstić information content (AvgIpc) is 3.86. The summed E-state index contributed by atoms with van der Waals surface area (Å²) < 4.78 is 13.2. The Bertz CT molecular complexity index is 3580. The van der Waals surface area contributed by atoms with Crippen LogP contribution in [-0.4, -0.2) is 15.0 Å². The highest BCUT2D eigenvalue weighted by Gasteiger charge is 2.22. The highest BCUT2D eigenvalue weighted by atomic mass is 16.3. The van der Waals surface area contributed by atoms with Crippen LogP contribution in [0.5, 0.6) is 0 Å². The first-order chi connectivity index (χ1) is 28.7. The molecular weight excluding hydrogens is 711 g/mol. The van der Waals surface area contributed by atoms with Crippen molar-refractivity contribution in [2.24, 2.45) is 0 Å². The molecule has 270 valence electrons. The van der Waals surface area contributed by atoms with Gasteiger partial charge in [0.05, 0.1) is 5.56 Å². The number of hydrogen-bond acceptors (Lipinski definition) is 5. The zero-order valence-corrected chi connectivity index (χ0v) is 31.1. The zero-order chi connectivity index (χ0) is 38.2. The summed E-state index contributed by atoms with van der Waals surface area (Å²) in [5.74, 6) is 1.69. The smallest absolute Gasteiger partial charge is 0.167 e. The number of nitrogens with zero attached hydrogens (tertiary/aromatic N) is 3. The van der Waals surface area contributed by atoms with Crippen molar-refractivity contribution in [1.82, 2.24) is 15.0 Å². The lowest BCUT2D eigenvalue weighted by Crippen LogP contribution is -2.01. The molecule has 0 unspecified atom stereocenters. The van der Waals surface area contributed by atoms with Crippen LogP contribution >= 0.6 is 0 Å². The Kier molecular flexibility index (Phi) is 7.16. The average molecular weight is 742 g/mol. The van der Waals surface area contributed by atoms with Gasteiger partial charge in [-0.2, -0.15) is 0 Å². The molecule has 58 heavy (non-hydrogen) atoms. The molecule has 0 aliphatic heterocycles. The van der Waals surface area contributed by atoms with Crippen LogP contribution in [-0.2, 0) is 0 Å². The van der Waals surface area contributed by atoms with Crippen LogP contribution in [0, 0.1) is 0 Å². The van der Waals surface area contributed by atoms with Crippen molar-refractivity contribution in [1.29, 1.82) is 0 Å². The molecule has 12 rings (SSSR count). The van der Waals surface area contributed by atoms with Gasteiger partial charge in [-0.3, -0.25) is 0 Å². The summed E-state index contributed by atoms with van der Waals surface area (Å²) in [5.41, 5.74) is 10.2. The quantitative estimate of drug-likeness (QED) is 0.176. The molecule has 12 aromatic rings. The topological polar surface area (TPSA) is 65.0 Å². The first-order valence-corrected chi connectivity index (χ1v) is 19.4. The number of aromatic nitrogens is 3. The van der Waals surface area contributed by atoms with Crippen LogP contribution in [0.1, 0.15) is 0 Å². The van der Waals surface area contributed by atoms with Crippen molar-refractivity contribution in [3.8, 4) is 56.4 Å². The molecule has 3 aromatic heterocycles. The highest BCUT2D eigenvalue weighted by Crippen LogP contribution is 2.43. The van der Waals surface area contributed by atoms with Gasteiger partial charge in [0.1, 0.15) is 22.3 Å². The second-order valence-corrected chi connectivity index (χ2v) is 14.8. The predicted octanol–water partition coefficient (Wildman–Crippen LogP) is 14.3. The summed E-state index contributed by atoms with van der Waals surface area (Å²) in [7, 11) is 0. The van der Waals surface area contributed by atoms with Gasteiger partial charge >= 0.3 is 0 Å². The maximum atomic E-state index is 6.89. The molecule has 5 heteroatoms. The van der Waals surface area contributed by atoms with Gasteiger partial charge in [-0.25, -0.2) is 15.0 Å². The van der Waals surface area contributed by atoms with Crippen LogP contribution in [0.25, 0.3) is 122 Å². The first-order valence-electron chi connectivity index (χ1n) is 19.4. The van der Waals surface area contributed by atoms with Gasteiger partial charge in [-0.15, -0.1) is 0 Å². The van der Waals surface area contributed by atoms with Gasteiger partial charge in [0.2, 0.25) is 0 Å². The highest BCUT2D eigenvalue weighted by molar-refractivity contribution is 6.18. The minimum atomic E-state index is 0.537. The molecule has 9 aromatic carbocycles. The van der Waals surface area contributed by atoms with Crippen molar-refractivity contribution in [3.05, 3.63) is 188 Å². The number of para-hydroxylation sites is 1. The lowest BCUT2D eigenvalue weighted by Gasteiger charge is -2.12. The van der Waals surface area contributed by atoms with E-state index >= 15 is 0 Å². The van der Waals surface area contributed by atoms with Gasteiger partial charge in [0.25, 0.3) is 0 Å². The number of fused-ring (bicyclic) bond motifs is 8. The fraction of sp³-hybridized carbons (Fsp3) is 0. The van der Waals surface area contributed by atoms with Crippen LogP contribution < -0.4 is 0 Å². The lowest BCUT2D eigenvalue weighted by molar-refractivity contribution is 0.669. The molecule has 3 heterocycles. The summed E-state index contributed by atoms with van der Waals surface area (Å²) in [5, 5.41) is 8.79. The first kappa shape index (κ1) is 32.4. The van der Waals surface area contributed by atoms with Gasteiger partial charge in [-0.05, 0) is 86.3 Å². The van der Waals surface area contributed by atoms with E-state index in [1.54, 1.807) is 0 Å². The van der Waals surface area contributed by atoms with Crippen LogP contribution in [0.3, 0.4) is 0 Å². The molecule has 0 radical (unpaired) electrons. The van der Waals surface area contributed by atoms with Crippen molar-refractivity contribution < 1.29 is 8.83 Å². The maximum Gasteiger partial charge on any atom is 0.167 e. The lowest BCUT2D eigenvalue weighted by atomic mass is 9.96. The van der Waals surface area contributed by atoms with E-state index < -0.39 is 0 Å². The van der Waals surface area contributed by atoms with Gasteiger partial charge in [-0.1, -0.05) is 146 Å². The second kappa shape index (κ2) is 12.8. The van der Waals surface area contributed by atoms with E-state index in [2.05, 4.69) is 158 Å². The van der Waals surface area contributed by atoms with Crippen molar-refractivity contribution in [2.75, 3.05) is 0 Å². The molecular formula is C53H31N3O2. The molecule has 0 fully saturated rings. The standard InChI is InChI=1S/C53H31N3O2/c1-2-13-33(14-3-1)41-26-27-43(50-49(41)44-30-35-16-6-7-17-36(35)31-47(44)58-50)53-55-51(54-52(56-53)39-25-24-32-12-4-5-15-34(32)28-39)38-19-10-18-37(29-38)40-21-11-23-46-48(40)42-20-8-9-22-45(42)57-46/h1-31H. The van der Waals surface area contributed by atoms with E-state index in [9.17, 15) is 0 Å². The van der Waals surface area contributed by atoms with Crippen molar-refractivity contribution in [3.63, 3.8) is 0 Å². The van der Waals surface area contributed by atoms with E-state index in [1.807, 2.05) is 30.3 Å². The predicted molar refractivity (Wildman–Crippen MR) is 237 cm³/mol. The van der Waals surface area contributed by atoms with E-state index in [1.165, 1.54) is 0 Å². The van der Waals surface area contributed by atoms with Crippen molar-refractivity contribution >= 4 is 65.4 Å². The molecule has 0 saturated heterocycles. The largest absolute Gasteiger partial charge is 0.456 e. The molecule has 0 spiro atoms. The fourth-order valence-corrected chi connectivity index (χ4v) is 8.52. The van der Waals surface area contributed by atoms with Crippen LogP contribution in [0.15, 0.2) is 197 Å². The SMILES string of the molecule is c1ccc(-c2ccc(-c3nc(-c4cccc(-c5cccc6oc7ccccc7c56)c4)nc(-c4ccc5ccccc5c4)n3)c3oc4cc5ccccc5cc4c23)cc1. The zero-order valence-electron chi connectivity index (χ0n) is 31.1. The Morgan fingerprint density at radius 3 is 1.74 bits per heavy atom. The van der Waals surface area contributed by atoms with Gasteiger partial charge < -0.3 is 8.83 Å². The normalized spacial score (nSPS) is 11.8. The van der Waals surface area contributed by atoms with Crippen LogP contribution in [0.2, 0.25) is 0 Å². The van der Waals surface area contributed by atoms with Crippen LogP contribution in [0.4, 0.5) is 0 Å². The third-order valence-corrected chi connectivity index (χ3v) is 11.3. The Balaban J connectivity index is 1.10. The minimum Gasteiger partial charge on any atom is -0.456 e. The molecule has 0 bridgehead atoms. The third kappa shape index (κ3) is 5.21. The summed E-state index contributed by atoms with van der Waals surface area (Å²) >= 11 is 0. The molecule has 5 nitrogen and oxygen atoms in total. The van der Waals surface area contributed by atoms with Gasteiger partial charge in [0, 0.05) is 32.7 Å². The number of hydrogen-bond donors (Lipinski definition) is 0. The number of rotatable bonds is 5. The van der Waals surface area contributed by atoms with Crippen molar-refractivity contribution in [2.45, 2.75) is 0 Å². The van der Waals surface area contributed by atoms with E-state index in [0.29, 0.717) is 17.5 Å². The Labute approximate surface area is 332 Å². The summed E-state index contributed by atoms with van der Waals surface area (Å²) in [6.07, 6.45) is 0. The molecule has 0 N–H and O–H groups in total. The second-order valence-electron chi connectivity index (χ2n) is 14.8. The van der Waals surface area contributed by atoms with E-state index in [-0.39, 0.29) is 0 Å².